The van der Waals surface area contributed by atoms with E-state index in [1.807, 2.05) is 39.0 Å². The normalized spacial score (nSPS) is 13.1. The number of thioether (sulfide) groups is 1. The molecule has 0 spiro atoms. The molecule has 0 fully saturated rings. The summed E-state index contributed by atoms with van der Waals surface area (Å²) in [5.74, 6) is -0.450. The standard InChI is InChI=1S/C24H28N4O3S2/c1-4-11-25-23(31)26-19(29)13-32-24-27-21-20(16-7-5-6-8-18(16)33-21)22(30)28(24)17-12-14(2)9-10-15(17)3/h9-10,12H,4-8,11,13H2,1-3H3,(H2,25,26,29,31). The number of nitrogens with one attached hydrogen (secondary N) is 2. The number of hydrogen-bond donors (Lipinski definition) is 2. The monoisotopic (exact) mass is 484 g/mol. The third-order valence-electron chi connectivity index (χ3n) is 5.68. The van der Waals surface area contributed by atoms with Gasteiger partial charge in [-0.2, -0.15) is 0 Å². The van der Waals surface area contributed by atoms with Crippen LogP contribution in [0, 0.1) is 13.8 Å². The molecule has 0 atom stereocenters. The van der Waals surface area contributed by atoms with Gasteiger partial charge in [0, 0.05) is 11.4 Å². The van der Waals surface area contributed by atoms with Gasteiger partial charge in [-0.1, -0.05) is 30.8 Å². The van der Waals surface area contributed by atoms with Gasteiger partial charge in [-0.3, -0.25) is 19.5 Å². The van der Waals surface area contributed by atoms with Crippen molar-refractivity contribution in [1.29, 1.82) is 0 Å². The molecule has 0 radical (unpaired) electrons. The first kappa shape index (κ1) is 23.5. The zero-order valence-electron chi connectivity index (χ0n) is 19.1. The van der Waals surface area contributed by atoms with Gasteiger partial charge in [0.15, 0.2) is 5.16 Å². The number of urea groups is 1. The molecule has 0 bridgehead atoms. The van der Waals surface area contributed by atoms with Gasteiger partial charge in [0.2, 0.25) is 5.91 Å². The van der Waals surface area contributed by atoms with Gasteiger partial charge in [0.05, 0.1) is 16.8 Å². The van der Waals surface area contributed by atoms with Gasteiger partial charge in [-0.25, -0.2) is 9.78 Å². The summed E-state index contributed by atoms with van der Waals surface area (Å²) in [4.78, 5) is 44.9. The van der Waals surface area contributed by atoms with Gasteiger partial charge >= 0.3 is 6.03 Å². The highest BCUT2D eigenvalue weighted by Crippen LogP contribution is 2.35. The summed E-state index contributed by atoms with van der Waals surface area (Å²) in [5.41, 5.74) is 3.82. The van der Waals surface area contributed by atoms with Crippen LogP contribution in [0.5, 0.6) is 0 Å². The van der Waals surface area contributed by atoms with Gasteiger partial charge < -0.3 is 5.32 Å². The maximum absolute atomic E-state index is 13.8. The van der Waals surface area contributed by atoms with Crippen LogP contribution in [0.1, 0.15) is 47.8 Å². The molecule has 174 valence electrons. The van der Waals surface area contributed by atoms with Gasteiger partial charge in [-0.15, -0.1) is 11.3 Å². The average molecular weight is 485 g/mol. The zero-order valence-corrected chi connectivity index (χ0v) is 20.8. The fourth-order valence-electron chi connectivity index (χ4n) is 4.03. The van der Waals surface area contributed by atoms with Crippen molar-refractivity contribution < 1.29 is 9.59 Å². The van der Waals surface area contributed by atoms with Gasteiger partial charge in [0.25, 0.3) is 5.56 Å². The highest BCUT2D eigenvalue weighted by Gasteiger charge is 2.24. The fraction of sp³-hybridized carbons (Fsp3) is 0.417. The highest BCUT2D eigenvalue weighted by atomic mass is 32.2. The number of carbonyl (C=O) groups is 2. The molecule has 2 aromatic heterocycles. The first-order valence-corrected chi connectivity index (χ1v) is 13.0. The summed E-state index contributed by atoms with van der Waals surface area (Å²) >= 11 is 2.76. The Hall–Kier alpha value is -2.65. The third-order valence-corrected chi connectivity index (χ3v) is 7.81. The molecule has 2 N–H and O–H groups in total. The minimum atomic E-state index is -0.510. The predicted octanol–water partition coefficient (Wildman–Crippen LogP) is 4.27. The van der Waals surface area contributed by atoms with E-state index in [1.165, 1.54) is 16.6 Å². The number of fused-ring (bicyclic) bond motifs is 3. The topological polar surface area (TPSA) is 93.1 Å². The summed E-state index contributed by atoms with van der Waals surface area (Å²) in [5, 5.41) is 6.13. The number of carbonyl (C=O) groups excluding carboxylic acids is 2. The lowest BCUT2D eigenvalue weighted by molar-refractivity contribution is -0.117. The van der Waals surface area contributed by atoms with Gasteiger partial charge in [-0.05, 0) is 68.7 Å². The van der Waals surface area contributed by atoms with Crippen molar-refractivity contribution in [2.45, 2.75) is 58.0 Å². The molecule has 3 aromatic rings. The fourth-order valence-corrected chi connectivity index (χ4v) is 6.14. The van der Waals surface area contributed by atoms with Crippen molar-refractivity contribution in [3.63, 3.8) is 0 Å². The Balaban J connectivity index is 1.74. The van der Waals surface area contributed by atoms with E-state index in [4.69, 9.17) is 4.98 Å². The number of hydrogen-bond acceptors (Lipinski definition) is 6. The van der Waals surface area contributed by atoms with Crippen LogP contribution >= 0.6 is 23.1 Å². The Bertz CT molecular complexity index is 1280. The Labute approximate surface area is 201 Å². The van der Waals surface area contributed by atoms with E-state index >= 15 is 0 Å². The predicted molar refractivity (Wildman–Crippen MR) is 134 cm³/mol. The molecule has 1 aliphatic carbocycles. The zero-order chi connectivity index (χ0) is 23.5. The van der Waals surface area contributed by atoms with Crippen molar-refractivity contribution in [3.8, 4) is 5.69 Å². The summed E-state index contributed by atoms with van der Waals surface area (Å²) in [7, 11) is 0. The van der Waals surface area contributed by atoms with Crippen LogP contribution in [-0.4, -0.2) is 33.8 Å². The second kappa shape index (κ2) is 10.1. The smallest absolute Gasteiger partial charge is 0.321 e. The van der Waals surface area contributed by atoms with Crippen LogP contribution in [0.15, 0.2) is 28.2 Å². The largest absolute Gasteiger partial charge is 0.338 e. The maximum atomic E-state index is 13.8. The van der Waals surface area contributed by atoms with Crippen molar-refractivity contribution in [3.05, 3.63) is 50.1 Å². The summed E-state index contributed by atoms with van der Waals surface area (Å²) in [6.07, 6.45) is 4.89. The summed E-state index contributed by atoms with van der Waals surface area (Å²) in [6, 6.07) is 5.47. The Morgan fingerprint density at radius 3 is 2.79 bits per heavy atom. The molecular weight excluding hydrogens is 456 g/mol. The average Bonchev–Trinajstić information content (AvgIpc) is 3.17. The molecule has 4 rings (SSSR count). The second-order valence-corrected chi connectivity index (χ2v) is 10.3. The highest BCUT2D eigenvalue weighted by molar-refractivity contribution is 7.99. The lowest BCUT2D eigenvalue weighted by Crippen LogP contribution is -2.40. The van der Waals surface area contributed by atoms with E-state index < -0.39 is 11.9 Å². The number of aromatic nitrogens is 2. The van der Waals surface area contributed by atoms with E-state index in [2.05, 4.69) is 10.6 Å². The van der Waals surface area contributed by atoms with Crippen LogP contribution in [0.3, 0.4) is 0 Å². The van der Waals surface area contributed by atoms with Crippen LogP contribution in [0.2, 0.25) is 0 Å². The number of nitrogens with zero attached hydrogens (tertiary/aromatic N) is 2. The number of benzene rings is 1. The second-order valence-electron chi connectivity index (χ2n) is 8.31. The number of amides is 3. The van der Waals surface area contributed by atoms with E-state index in [-0.39, 0.29) is 11.3 Å². The lowest BCUT2D eigenvalue weighted by Gasteiger charge is -2.16. The molecule has 2 heterocycles. The van der Waals surface area contributed by atoms with E-state index in [9.17, 15) is 14.4 Å². The van der Waals surface area contributed by atoms with Crippen LogP contribution in [0.25, 0.3) is 15.9 Å². The number of rotatable bonds is 6. The summed E-state index contributed by atoms with van der Waals surface area (Å²) < 4.78 is 1.64. The van der Waals surface area contributed by atoms with Crippen LogP contribution in [-0.2, 0) is 17.6 Å². The van der Waals surface area contributed by atoms with E-state index in [1.54, 1.807) is 15.9 Å². The van der Waals surface area contributed by atoms with E-state index in [0.717, 1.165) is 59.3 Å². The number of aryl methyl sites for hydroxylation is 4. The molecule has 7 nitrogen and oxygen atoms in total. The van der Waals surface area contributed by atoms with Crippen LogP contribution in [0.4, 0.5) is 4.79 Å². The molecule has 9 heteroatoms. The SMILES string of the molecule is CCCNC(=O)NC(=O)CSc1nc2sc3c(c2c(=O)n1-c1cc(C)ccc1C)CCCC3. The first-order valence-electron chi connectivity index (χ1n) is 11.2. The van der Waals surface area contributed by atoms with Crippen molar-refractivity contribution in [2.75, 3.05) is 12.3 Å². The minimum absolute atomic E-state index is 0.0204. The Kier molecular flexibility index (Phi) is 7.19. The number of thiophene rings is 1. The maximum Gasteiger partial charge on any atom is 0.321 e. The molecule has 0 unspecified atom stereocenters. The molecular formula is C24H28N4O3S2. The quantitative estimate of drug-likeness (QED) is 0.403. The molecule has 0 aliphatic heterocycles. The van der Waals surface area contributed by atoms with E-state index in [0.29, 0.717) is 17.1 Å². The molecule has 3 amide bonds. The Morgan fingerprint density at radius 1 is 1.21 bits per heavy atom. The van der Waals surface area contributed by atoms with Crippen LogP contribution < -0.4 is 16.2 Å². The first-order chi connectivity index (χ1) is 15.9. The molecule has 33 heavy (non-hydrogen) atoms. The lowest BCUT2D eigenvalue weighted by atomic mass is 9.97. The third kappa shape index (κ3) is 4.99. The Morgan fingerprint density at radius 2 is 2.00 bits per heavy atom. The van der Waals surface area contributed by atoms with Gasteiger partial charge in [0.1, 0.15) is 4.83 Å². The minimum Gasteiger partial charge on any atom is -0.338 e. The molecule has 0 saturated carbocycles. The molecule has 0 saturated heterocycles. The van der Waals surface area contributed by atoms with Crippen molar-refractivity contribution in [2.24, 2.45) is 0 Å². The van der Waals surface area contributed by atoms with Crippen molar-refractivity contribution in [1.82, 2.24) is 20.2 Å². The number of imide groups is 1. The molecule has 1 aliphatic rings. The summed E-state index contributed by atoms with van der Waals surface area (Å²) in [6.45, 7) is 6.39. The van der Waals surface area contributed by atoms with Crippen molar-refractivity contribution >= 4 is 45.3 Å². The molecule has 1 aromatic carbocycles.